The van der Waals surface area contributed by atoms with Gasteiger partial charge >= 0.3 is 0 Å². The van der Waals surface area contributed by atoms with Gasteiger partial charge in [0.2, 0.25) is 11.8 Å². The molecule has 6 rings (SSSR count). The summed E-state index contributed by atoms with van der Waals surface area (Å²) in [5.41, 5.74) is 6.10. The quantitative estimate of drug-likeness (QED) is 0.238. The Morgan fingerprint density at radius 1 is 0.907 bits per heavy atom. The molecule has 0 N–H and O–H groups in total. The minimum atomic E-state index is -0.690. The van der Waals surface area contributed by atoms with Crippen molar-refractivity contribution in [3.05, 3.63) is 144 Å². The lowest BCUT2D eigenvalue weighted by molar-refractivity contribution is -0.144. The molecule has 2 amide bonds. The molecule has 1 atom stereocenters. The van der Waals surface area contributed by atoms with E-state index < -0.39 is 6.04 Å². The standard InChI is InChI=1S/C35H34N6O2/c1-38-24-29(23-37-38)14-17-34(42)40(25-28-12-15-32(16-13-28)41-20-7-19-36-41)33(22-27-8-3-2-4-9-27)35(43)39-21-18-30-10-5-6-11-31(30)26-39/h2-17,19-20,23-24,33H,18,21-22,25-26H2,1H3. The van der Waals surface area contributed by atoms with Crippen LogP contribution in [0.3, 0.4) is 0 Å². The molecule has 3 aromatic carbocycles. The minimum absolute atomic E-state index is 0.0466. The van der Waals surface area contributed by atoms with Crippen LogP contribution in [0.5, 0.6) is 0 Å². The molecule has 0 fully saturated rings. The molecule has 0 spiro atoms. The van der Waals surface area contributed by atoms with Gasteiger partial charge in [-0.2, -0.15) is 10.2 Å². The highest BCUT2D eigenvalue weighted by Gasteiger charge is 2.34. The number of amides is 2. The Kier molecular flexibility index (Phi) is 8.26. The van der Waals surface area contributed by atoms with Gasteiger partial charge in [0.1, 0.15) is 6.04 Å². The van der Waals surface area contributed by atoms with Crippen LogP contribution in [0.15, 0.2) is 116 Å². The van der Waals surface area contributed by atoms with E-state index in [1.807, 2.05) is 97.1 Å². The van der Waals surface area contributed by atoms with Gasteiger partial charge in [-0.1, -0.05) is 66.7 Å². The number of aryl methyl sites for hydroxylation is 1. The first kappa shape index (κ1) is 27.9. The number of fused-ring (bicyclic) bond motifs is 1. The summed E-state index contributed by atoms with van der Waals surface area (Å²) in [4.78, 5) is 32.1. The molecule has 0 bridgehead atoms. The van der Waals surface area contributed by atoms with E-state index in [-0.39, 0.29) is 18.4 Å². The number of nitrogens with zero attached hydrogens (tertiary/aromatic N) is 6. The summed E-state index contributed by atoms with van der Waals surface area (Å²) in [5, 5.41) is 8.52. The van der Waals surface area contributed by atoms with Crippen LogP contribution in [0.2, 0.25) is 0 Å². The lowest BCUT2D eigenvalue weighted by atomic mass is 9.97. The number of hydrogen-bond donors (Lipinski definition) is 0. The number of benzene rings is 3. The predicted octanol–water partition coefficient (Wildman–Crippen LogP) is 4.84. The zero-order valence-electron chi connectivity index (χ0n) is 24.2. The molecule has 1 unspecified atom stereocenters. The number of hydrogen-bond acceptors (Lipinski definition) is 4. The van der Waals surface area contributed by atoms with Gasteiger partial charge in [-0.15, -0.1) is 0 Å². The van der Waals surface area contributed by atoms with Gasteiger partial charge in [0.25, 0.3) is 0 Å². The normalized spacial score (nSPS) is 13.6. The average molecular weight is 571 g/mol. The average Bonchev–Trinajstić information content (AvgIpc) is 3.74. The first-order valence-electron chi connectivity index (χ1n) is 14.5. The van der Waals surface area contributed by atoms with Crippen molar-refractivity contribution in [2.24, 2.45) is 7.05 Å². The largest absolute Gasteiger partial charge is 0.336 e. The van der Waals surface area contributed by atoms with Crippen molar-refractivity contribution in [1.29, 1.82) is 0 Å². The lowest BCUT2D eigenvalue weighted by Crippen LogP contribution is -2.52. The molecule has 5 aromatic rings. The maximum atomic E-state index is 14.4. The SMILES string of the molecule is Cn1cc(C=CC(=O)N(Cc2ccc(-n3cccn3)cc2)C(Cc2ccccc2)C(=O)N2CCc3ccccc3C2)cn1. The van der Waals surface area contributed by atoms with Crippen LogP contribution in [-0.2, 0) is 42.6 Å². The van der Waals surface area contributed by atoms with Gasteiger partial charge in [-0.3, -0.25) is 14.3 Å². The zero-order chi connectivity index (χ0) is 29.6. The molecule has 0 radical (unpaired) electrons. The van der Waals surface area contributed by atoms with Crippen LogP contribution in [0, 0.1) is 0 Å². The summed E-state index contributed by atoms with van der Waals surface area (Å²) in [6.45, 7) is 1.43. The Balaban J connectivity index is 1.34. The Labute approximate surface area is 251 Å². The van der Waals surface area contributed by atoms with Crippen LogP contribution in [0.4, 0.5) is 0 Å². The predicted molar refractivity (Wildman–Crippen MR) is 166 cm³/mol. The van der Waals surface area contributed by atoms with Crippen molar-refractivity contribution >= 4 is 17.9 Å². The maximum Gasteiger partial charge on any atom is 0.247 e. The summed E-state index contributed by atoms with van der Waals surface area (Å²) in [6.07, 6.45) is 11.7. The van der Waals surface area contributed by atoms with E-state index in [4.69, 9.17) is 0 Å². The number of carbonyl (C=O) groups excluding carboxylic acids is 2. The highest BCUT2D eigenvalue weighted by atomic mass is 16.2. The van der Waals surface area contributed by atoms with Gasteiger partial charge in [-0.25, -0.2) is 4.68 Å². The Morgan fingerprint density at radius 3 is 2.40 bits per heavy atom. The first-order chi connectivity index (χ1) is 21.0. The summed E-state index contributed by atoms with van der Waals surface area (Å²) in [6, 6.07) is 27.3. The summed E-state index contributed by atoms with van der Waals surface area (Å²) in [7, 11) is 1.84. The summed E-state index contributed by atoms with van der Waals surface area (Å²) < 4.78 is 3.48. The minimum Gasteiger partial charge on any atom is -0.336 e. The fourth-order valence-corrected chi connectivity index (χ4v) is 5.57. The summed E-state index contributed by atoms with van der Waals surface area (Å²) >= 11 is 0. The fourth-order valence-electron chi connectivity index (χ4n) is 5.57. The maximum absolute atomic E-state index is 14.4. The Bertz CT molecular complexity index is 1710. The van der Waals surface area contributed by atoms with E-state index in [1.165, 1.54) is 5.56 Å². The molecular formula is C35H34N6O2. The molecule has 1 aliphatic heterocycles. The highest BCUT2D eigenvalue weighted by Crippen LogP contribution is 2.23. The van der Waals surface area contributed by atoms with E-state index in [9.17, 15) is 9.59 Å². The van der Waals surface area contributed by atoms with Crippen LogP contribution in [-0.4, -0.2) is 53.8 Å². The molecule has 8 nitrogen and oxygen atoms in total. The third kappa shape index (κ3) is 6.64. The Morgan fingerprint density at radius 2 is 1.67 bits per heavy atom. The second kappa shape index (κ2) is 12.7. The smallest absolute Gasteiger partial charge is 0.247 e. The molecule has 2 aromatic heterocycles. The van der Waals surface area contributed by atoms with Crippen molar-refractivity contribution < 1.29 is 9.59 Å². The van der Waals surface area contributed by atoms with Crippen molar-refractivity contribution in [3.8, 4) is 5.69 Å². The van der Waals surface area contributed by atoms with E-state index in [1.54, 1.807) is 38.8 Å². The second-order valence-corrected chi connectivity index (χ2v) is 10.8. The molecule has 43 heavy (non-hydrogen) atoms. The molecule has 0 aliphatic carbocycles. The molecule has 3 heterocycles. The summed E-state index contributed by atoms with van der Waals surface area (Å²) in [5.74, 6) is -0.277. The molecule has 8 heteroatoms. The van der Waals surface area contributed by atoms with E-state index >= 15 is 0 Å². The van der Waals surface area contributed by atoms with Crippen LogP contribution in [0.25, 0.3) is 11.8 Å². The van der Waals surface area contributed by atoms with Crippen molar-refractivity contribution in [3.63, 3.8) is 0 Å². The van der Waals surface area contributed by atoms with Crippen molar-refractivity contribution in [1.82, 2.24) is 29.4 Å². The van der Waals surface area contributed by atoms with E-state index in [2.05, 4.69) is 22.3 Å². The second-order valence-electron chi connectivity index (χ2n) is 10.8. The van der Waals surface area contributed by atoms with Crippen molar-refractivity contribution in [2.75, 3.05) is 6.54 Å². The van der Waals surface area contributed by atoms with Gasteiger partial charge in [0, 0.05) is 63.3 Å². The fraction of sp³-hybridized carbons (Fsp3) is 0.200. The lowest BCUT2D eigenvalue weighted by Gasteiger charge is -2.37. The van der Waals surface area contributed by atoms with E-state index in [0.717, 1.165) is 34.4 Å². The zero-order valence-corrected chi connectivity index (χ0v) is 24.2. The molecule has 216 valence electrons. The Hall–Kier alpha value is -5.24. The van der Waals surface area contributed by atoms with Crippen LogP contribution >= 0.6 is 0 Å². The van der Waals surface area contributed by atoms with Crippen LogP contribution in [0.1, 0.15) is 27.8 Å². The van der Waals surface area contributed by atoms with Gasteiger partial charge in [-0.05, 0) is 52.9 Å². The molecular weight excluding hydrogens is 536 g/mol. The number of rotatable bonds is 9. The van der Waals surface area contributed by atoms with Gasteiger partial charge in [0.05, 0.1) is 11.9 Å². The topological polar surface area (TPSA) is 76.3 Å². The third-order valence-electron chi connectivity index (χ3n) is 7.86. The highest BCUT2D eigenvalue weighted by molar-refractivity contribution is 5.95. The molecule has 0 saturated heterocycles. The third-order valence-corrected chi connectivity index (χ3v) is 7.86. The van der Waals surface area contributed by atoms with Gasteiger partial charge < -0.3 is 9.80 Å². The number of aromatic nitrogens is 4. The van der Waals surface area contributed by atoms with Gasteiger partial charge in [0.15, 0.2) is 0 Å². The number of carbonyl (C=O) groups is 2. The molecule has 1 aliphatic rings. The molecule has 0 saturated carbocycles. The van der Waals surface area contributed by atoms with E-state index in [0.29, 0.717) is 19.5 Å². The van der Waals surface area contributed by atoms with Crippen molar-refractivity contribution in [2.45, 2.75) is 32.0 Å². The van der Waals surface area contributed by atoms with Crippen LogP contribution < -0.4 is 0 Å². The first-order valence-corrected chi connectivity index (χ1v) is 14.5. The monoisotopic (exact) mass is 570 g/mol.